The summed E-state index contributed by atoms with van der Waals surface area (Å²) in [7, 11) is -3.82. The zero-order chi connectivity index (χ0) is 21.6. The third kappa shape index (κ3) is 6.16. The molecule has 2 aromatic rings. The van der Waals surface area contributed by atoms with Gasteiger partial charge in [-0.2, -0.15) is 0 Å². The molecule has 8 nitrogen and oxygen atoms in total. The van der Waals surface area contributed by atoms with Gasteiger partial charge >= 0.3 is 0 Å². The van der Waals surface area contributed by atoms with Crippen molar-refractivity contribution in [2.75, 3.05) is 23.7 Å². The minimum absolute atomic E-state index is 0.105. The number of sulfonamides is 1. The first kappa shape index (κ1) is 22.6. The highest BCUT2D eigenvalue weighted by Gasteiger charge is 2.25. The number of nitro groups is 1. The fourth-order valence-corrected chi connectivity index (χ4v) is 3.99. The van der Waals surface area contributed by atoms with E-state index in [1.165, 1.54) is 25.1 Å². The molecule has 0 bridgehead atoms. The molecule has 0 saturated carbocycles. The van der Waals surface area contributed by atoms with Crippen molar-refractivity contribution in [3.63, 3.8) is 0 Å². The first-order valence-corrected chi connectivity index (χ1v) is 11.1. The Kier molecular flexibility index (Phi) is 7.58. The summed E-state index contributed by atoms with van der Waals surface area (Å²) in [5, 5.41) is 14.5. The number of nitro benzene ring substituents is 1. The molecule has 0 aliphatic rings. The van der Waals surface area contributed by atoms with Crippen LogP contribution in [0.1, 0.15) is 17.5 Å². The molecule has 1 N–H and O–H groups in total. The van der Waals surface area contributed by atoms with Crippen molar-refractivity contribution in [2.24, 2.45) is 0 Å². The van der Waals surface area contributed by atoms with Gasteiger partial charge in [0.1, 0.15) is 6.54 Å². The molecule has 2 rings (SSSR count). The Morgan fingerprint density at radius 3 is 2.52 bits per heavy atom. The molecule has 1 amide bonds. The molecular weight excluding hydrogens is 418 g/mol. The van der Waals surface area contributed by atoms with Gasteiger partial charge in [-0.25, -0.2) is 8.42 Å². The maximum atomic E-state index is 12.3. The second-order valence-corrected chi connectivity index (χ2v) is 8.81. The van der Waals surface area contributed by atoms with Gasteiger partial charge in [-0.05, 0) is 37.5 Å². The molecule has 10 heteroatoms. The van der Waals surface area contributed by atoms with Crippen LogP contribution in [0.25, 0.3) is 0 Å². The first-order valence-electron chi connectivity index (χ1n) is 8.83. The Morgan fingerprint density at radius 2 is 1.90 bits per heavy atom. The van der Waals surface area contributed by atoms with Gasteiger partial charge in [0.05, 0.1) is 22.4 Å². The third-order valence-corrected chi connectivity index (χ3v) is 5.83. The predicted molar refractivity (Wildman–Crippen MR) is 113 cm³/mol. The smallest absolute Gasteiger partial charge is 0.274 e. The number of amides is 1. The van der Waals surface area contributed by atoms with E-state index < -0.39 is 27.4 Å². The first-order chi connectivity index (χ1) is 13.6. The number of nitrogens with one attached hydrogen (secondary N) is 1. The highest BCUT2D eigenvalue weighted by atomic mass is 35.5. The zero-order valence-corrected chi connectivity index (χ0v) is 17.7. The molecule has 0 radical (unpaired) electrons. The summed E-state index contributed by atoms with van der Waals surface area (Å²) in [6, 6.07) is 11.5. The monoisotopic (exact) mass is 439 g/mol. The number of rotatable bonds is 9. The second-order valence-electron chi connectivity index (χ2n) is 6.49. The maximum absolute atomic E-state index is 12.3. The summed E-state index contributed by atoms with van der Waals surface area (Å²) in [5.41, 5.74) is 1.03. The number of hydrogen-bond donors (Lipinski definition) is 1. The van der Waals surface area contributed by atoms with Crippen molar-refractivity contribution in [1.29, 1.82) is 0 Å². The molecule has 0 spiro atoms. The van der Waals surface area contributed by atoms with Gasteiger partial charge in [0.25, 0.3) is 5.69 Å². The number of anilines is 1. The van der Waals surface area contributed by atoms with Crippen LogP contribution in [0, 0.1) is 17.0 Å². The summed E-state index contributed by atoms with van der Waals surface area (Å²) in [5.74, 6) is -0.500. The predicted octanol–water partition coefficient (Wildman–Crippen LogP) is 3.07. The normalized spacial score (nSPS) is 11.1. The fourth-order valence-electron chi connectivity index (χ4n) is 2.85. The molecule has 0 aliphatic heterocycles. The van der Waals surface area contributed by atoms with Crippen LogP contribution in [-0.4, -0.2) is 38.6 Å². The van der Waals surface area contributed by atoms with Gasteiger partial charge in [0, 0.05) is 17.6 Å². The van der Waals surface area contributed by atoms with Crippen molar-refractivity contribution in [3.05, 3.63) is 68.7 Å². The van der Waals surface area contributed by atoms with Gasteiger partial charge in [-0.3, -0.25) is 19.2 Å². The minimum atomic E-state index is -3.82. The lowest BCUT2D eigenvalue weighted by atomic mass is 10.1. The Labute approximate surface area is 174 Å². The number of aryl methyl sites for hydroxylation is 1. The molecule has 0 unspecified atom stereocenters. The van der Waals surface area contributed by atoms with Gasteiger partial charge in [0.2, 0.25) is 15.9 Å². The molecule has 0 aliphatic carbocycles. The highest BCUT2D eigenvalue weighted by Crippen LogP contribution is 2.29. The van der Waals surface area contributed by atoms with E-state index in [1.54, 1.807) is 6.07 Å². The van der Waals surface area contributed by atoms with E-state index in [4.69, 9.17) is 11.6 Å². The number of hydrogen-bond acceptors (Lipinski definition) is 5. The molecule has 29 heavy (non-hydrogen) atoms. The maximum Gasteiger partial charge on any atom is 0.274 e. The van der Waals surface area contributed by atoms with Crippen LogP contribution in [0.3, 0.4) is 0 Å². The van der Waals surface area contributed by atoms with E-state index in [0.29, 0.717) is 24.4 Å². The number of benzene rings is 2. The van der Waals surface area contributed by atoms with E-state index in [0.717, 1.165) is 16.1 Å². The number of carbonyl (C=O) groups excluding carboxylic acids is 1. The van der Waals surface area contributed by atoms with E-state index in [2.05, 4.69) is 5.32 Å². The Hall–Kier alpha value is -2.65. The van der Waals surface area contributed by atoms with Crippen LogP contribution < -0.4 is 9.62 Å². The van der Waals surface area contributed by atoms with E-state index in [9.17, 15) is 23.3 Å². The second kappa shape index (κ2) is 9.71. The van der Waals surface area contributed by atoms with E-state index in [1.807, 2.05) is 18.2 Å². The van der Waals surface area contributed by atoms with Crippen LogP contribution in [0.15, 0.2) is 42.5 Å². The zero-order valence-electron chi connectivity index (χ0n) is 16.1. The summed E-state index contributed by atoms with van der Waals surface area (Å²) >= 11 is 6.09. The number of nitrogens with zero attached hydrogens (tertiary/aromatic N) is 2. The molecule has 0 atom stereocenters. The average molecular weight is 440 g/mol. The van der Waals surface area contributed by atoms with Gasteiger partial charge in [0.15, 0.2) is 0 Å². The minimum Gasteiger partial charge on any atom is -0.355 e. The fraction of sp³-hybridized carbons (Fsp3) is 0.316. The molecule has 0 saturated heterocycles. The Bertz CT molecular complexity index is 1010. The lowest BCUT2D eigenvalue weighted by molar-refractivity contribution is -0.385. The van der Waals surface area contributed by atoms with Gasteiger partial charge in [-0.15, -0.1) is 0 Å². The molecular formula is C19H22ClN3O5S. The van der Waals surface area contributed by atoms with E-state index >= 15 is 0 Å². The van der Waals surface area contributed by atoms with Crippen molar-refractivity contribution in [2.45, 2.75) is 19.8 Å². The third-order valence-electron chi connectivity index (χ3n) is 4.33. The molecule has 0 aromatic heterocycles. The molecule has 2 aromatic carbocycles. The van der Waals surface area contributed by atoms with Crippen LogP contribution in [0.2, 0.25) is 5.02 Å². The summed E-state index contributed by atoms with van der Waals surface area (Å²) < 4.78 is 25.3. The van der Waals surface area contributed by atoms with Crippen molar-refractivity contribution in [3.8, 4) is 0 Å². The van der Waals surface area contributed by atoms with Crippen LogP contribution in [0.5, 0.6) is 0 Å². The number of carbonyl (C=O) groups is 1. The Balaban J connectivity index is 2.04. The topological polar surface area (TPSA) is 110 Å². The SMILES string of the molecule is Cc1c(N(CC(=O)NCCCc2ccccc2Cl)S(C)(=O)=O)cccc1[N+](=O)[O-]. The van der Waals surface area contributed by atoms with Crippen molar-refractivity contribution in [1.82, 2.24) is 5.32 Å². The van der Waals surface area contributed by atoms with Crippen molar-refractivity contribution >= 4 is 38.9 Å². The van der Waals surface area contributed by atoms with Crippen LogP contribution in [0.4, 0.5) is 11.4 Å². The molecule has 156 valence electrons. The quantitative estimate of drug-likeness (QED) is 0.367. The standard InChI is InChI=1S/C19H22ClN3O5S/c1-14-17(10-5-11-18(14)23(25)26)22(29(2,27)28)13-19(24)21-12-6-8-15-7-3-4-9-16(15)20/h3-5,7,9-11H,6,8,12-13H2,1-2H3,(H,21,24). The lowest BCUT2D eigenvalue weighted by Crippen LogP contribution is -2.41. The molecule has 0 fully saturated rings. The molecule has 0 heterocycles. The van der Waals surface area contributed by atoms with Crippen LogP contribution >= 0.6 is 11.6 Å². The summed E-state index contributed by atoms with van der Waals surface area (Å²) in [6.45, 7) is 1.33. The summed E-state index contributed by atoms with van der Waals surface area (Å²) in [6.07, 6.45) is 2.25. The summed E-state index contributed by atoms with van der Waals surface area (Å²) in [4.78, 5) is 22.8. The van der Waals surface area contributed by atoms with E-state index in [-0.39, 0.29) is 16.9 Å². The number of halogens is 1. The lowest BCUT2D eigenvalue weighted by Gasteiger charge is -2.23. The van der Waals surface area contributed by atoms with Crippen LogP contribution in [-0.2, 0) is 21.2 Å². The van der Waals surface area contributed by atoms with Gasteiger partial charge in [-0.1, -0.05) is 35.9 Å². The largest absolute Gasteiger partial charge is 0.355 e. The average Bonchev–Trinajstić information content (AvgIpc) is 2.64. The highest BCUT2D eigenvalue weighted by molar-refractivity contribution is 7.92. The van der Waals surface area contributed by atoms with Gasteiger partial charge < -0.3 is 5.32 Å². The Morgan fingerprint density at radius 1 is 1.21 bits per heavy atom. The van der Waals surface area contributed by atoms with Crippen molar-refractivity contribution < 1.29 is 18.1 Å².